The Labute approximate surface area is 128 Å². The molecule has 0 N–H and O–H groups in total. The van der Waals surface area contributed by atoms with Gasteiger partial charge in [-0.2, -0.15) is 17.0 Å². The molecule has 0 aromatic carbocycles. The van der Waals surface area contributed by atoms with Crippen molar-refractivity contribution in [1.29, 1.82) is 0 Å². The third kappa shape index (κ3) is 12.6. The predicted molar refractivity (Wildman–Crippen MR) is 32.2 cm³/mol. The van der Waals surface area contributed by atoms with Crippen LogP contribution in [-0.4, -0.2) is 70.0 Å². The van der Waals surface area contributed by atoms with Gasteiger partial charge in [-0.3, -0.25) is 0 Å². The van der Waals surface area contributed by atoms with Crippen molar-refractivity contribution in [2.45, 2.75) is 0 Å². The molecule has 0 radical (unpaired) electrons. The van der Waals surface area contributed by atoms with Crippen LogP contribution in [0.15, 0.2) is 0 Å². The molecular formula is HKN2O8PdS. The molecule has 0 rings (SSSR count). The van der Waals surface area contributed by atoms with Gasteiger partial charge >= 0.3 is 72.0 Å². The van der Waals surface area contributed by atoms with Crippen LogP contribution in [0.3, 0.4) is 0 Å². The molecule has 0 heterocycles. The third-order valence-corrected chi connectivity index (χ3v) is 0.913. The molecule has 0 aliphatic carbocycles. The van der Waals surface area contributed by atoms with Gasteiger partial charge in [0.05, 0.1) is 0 Å². The second-order valence-corrected chi connectivity index (χ2v) is 2.12. The summed E-state index contributed by atoms with van der Waals surface area (Å²) in [5.41, 5.74) is 0. The summed E-state index contributed by atoms with van der Waals surface area (Å²) in [4.78, 5) is 18.6. The molecule has 0 aliphatic rings. The molecule has 0 aromatic heterocycles. The Balaban J connectivity index is -0.000000500. The third-order valence-electron chi connectivity index (χ3n) is 0.304. The molecule has 0 unspecified atom stereocenters. The first-order valence-corrected chi connectivity index (χ1v) is 3.10. The van der Waals surface area contributed by atoms with Gasteiger partial charge in [-0.15, -0.1) is 20.2 Å². The molecule has 0 bridgehead atoms. The van der Waals surface area contributed by atoms with Crippen LogP contribution in [0.5, 0.6) is 0 Å². The fourth-order valence-corrected chi connectivity index (χ4v) is 0.488. The van der Waals surface area contributed by atoms with Crippen LogP contribution in [-0.2, 0) is 39.4 Å². The zero-order valence-corrected chi connectivity index (χ0v) is 7.26. The van der Waals surface area contributed by atoms with Crippen LogP contribution >= 0.6 is 0 Å². The fourth-order valence-electron chi connectivity index (χ4n) is 0.163. The Kier molecular flexibility index (Phi) is 11.8. The number of hydrogen-bond donors (Lipinski definition) is 0. The molecule has 0 aromatic rings. The topological polar surface area (TPSA) is 139 Å². The van der Waals surface area contributed by atoms with Gasteiger partial charge in [0.2, 0.25) is 0 Å². The van der Waals surface area contributed by atoms with Gasteiger partial charge in [0.1, 0.15) is 0 Å². The maximum absolute atomic E-state index is 9.92. The standard InChI is InChI=1S/K.N2O8S.Pd.H/c;3-1(4)9-11(7,8)10-2(5)6;;. The van der Waals surface area contributed by atoms with E-state index in [1.54, 1.807) is 0 Å². The van der Waals surface area contributed by atoms with Gasteiger partial charge in [-0.1, -0.05) is 0 Å². The monoisotopic (exact) mass is 334 g/mol. The summed E-state index contributed by atoms with van der Waals surface area (Å²) in [6.45, 7) is 0. The van der Waals surface area contributed by atoms with Crippen molar-refractivity contribution in [2.75, 3.05) is 0 Å². The smallest absolute Gasteiger partial charge is 0 e. The minimum Gasteiger partial charge on any atom is 0 e. The molecule has 0 saturated heterocycles. The summed E-state index contributed by atoms with van der Waals surface area (Å²) in [7, 11) is -5.18. The van der Waals surface area contributed by atoms with Gasteiger partial charge in [0.15, 0.2) is 0 Å². The van der Waals surface area contributed by atoms with Gasteiger partial charge in [0.25, 0.3) is 0 Å². The number of hydrogen-bond acceptors (Lipinski definition) is 8. The molecule has 10 nitrogen and oxygen atoms in total. The summed E-state index contributed by atoms with van der Waals surface area (Å²) in [6, 6.07) is 0. The van der Waals surface area contributed by atoms with Crippen molar-refractivity contribution in [2.24, 2.45) is 0 Å². The minimum absolute atomic E-state index is 0. The second kappa shape index (κ2) is 8.00. The van der Waals surface area contributed by atoms with E-state index in [1.807, 2.05) is 0 Å². The Hall–Kier alpha value is 0.649. The van der Waals surface area contributed by atoms with Crippen molar-refractivity contribution in [3.63, 3.8) is 0 Å². The van der Waals surface area contributed by atoms with Crippen LogP contribution in [0, 0.1) is 20.2 Å². The maximum atomic E-state index is 9.92. The molecule has 0 aliphatic heterocycles. The van der Waals surface area contributed by atoms with Gasteiger partial charge in [-0.25, -0.2) is 0 Å². The van der Waals surface area contributed by atoms with Crippen LogP contribution < -0.4 is 0 Å². The Bertz CT molecular complexity index is 248. The maximum Gasteiger partial charge on any atom is 0 e. The van der Waals surface area contributed by atoms with E-state index in [-0.39, 0.29) is 71.8 Å². The first-order valence-electron chi connectivity index (χ1n) is 1.76. The molecule has 13 heavy (non-hydrogen) atoms. The van der Waals surface area contributed by atoms with Crippen molar-refractivity contribution >= 4 is 61.8 Å². The van der Waals surface area contributed by atoms with Crippen LogP contribution in [0.1, 0.15) is 0 Å². The van der Waals surface area contributed by atoms with E-state index in [0.717, 1.165) is 0 Å². The molecular weight excluding hydrogens is 334 g/mol. The molecule has 13 heteroatoms. The Morgan fingerprint density at radius 1 is 1.00 bits per heavy atom. The van der Waals surface area contributed by atoms with Crippen molar-refractivity contribution < 1.29 is 47.6 Å². The SMILES string of the molecule is O=[N+]([O-])OS(=O)(=O)O[N+](=O)[O-].[KH].[Pd]. The van der Waals surface area contributed by atoms with E-state index in [2.05, 4.69) is 8.57 Å². The first kappa shape index (κ1) is 19.3. The van der Waals surface area contributed by atoms with E-state index >= 15 is 0 Å². The zero-order chi connectivity index (χ0) is 9.07. The van der Waals surface area contributed by atoms with Crippen LogP contribution in [0.25, 0.3) is 0 Å². The van der Waals surface area contributed by atoms with E-state index in [9.17, 15) is 28.6 Å². The van der Waals surface area contributed by atoms with Crippen molar-refractivity contribution in [3.05, 3.63) is 20.2 Å². The summed E-state index contributed by atoms with van der Waals surface area (Å²) < 4.78 is 25.4. The molecule has 0 fully saturated rings. The van der Waals surface area contributed by atoms with E-state index in [4.69, 9.17) is 0 Å². The van der Waals surface area contributed by atoms with E-state index in [0.29, 0.717) is 0 Å². The zero-order valence-electron chi connectivity index (χ0n) is 4.88. The van der Waals surface area contributed by atoms with E-state index < -0.39 is 20.6 Å². The largest absolute Gasteiger partial charge is 0 e. The van der Waals surface area contributed by atoms with Crippen molar-refractivity contribution in [1.82, 2.24) is 0 Å². The van der Waals surface area contributed by atoms with E-state index in [1.165, 1.54) is 0 Å². The molecule has 0 spiro atoms. The second-order valence-electron chi connectivity index (χ2n) is 1.00. The summed E-state index contributed by atoms with van der Waals surface area (Å²) in [5.74, 6) is 0. The van der Waals surface area contributed by atoms with Crippen LogP contribution in [0.2, 0.25) is 0 Å². The quantitative estimate of drug-likeness (QED) is 0.326. The summed E-state index contributed by atoms with van der Waals surface area (Å²) in [5, 5.41) is 15.1. The van der Waals surface area contributed by atoms with Crippen molar-refractivity contribution in [3.8, 4) is 0 Å². The Morgan fingerprint density at radius 3 is 1.38 bits per heavy atom. The minimum atomic E-state index is -5.18. The molecule has 76 valence electrons. The van der Waals surface area contributed by atoms with Gasteiger partial charge in [0, 0.05) is 20.4 Å². The average Bonchev–Trinajstić information content (AvgIpc) is 1.53. The Morgan fingerprint density at radius 2 is 1.23 bits per heavy atom. The molecule has 0 saturated carbocycles. The van der Waals surface area contributed by atoms with Gasteiger partial charge < -0.3 is 0 Å². The first-order chi connectivity index (χ1) is 4.83. The summed E-state index contributed by atoms with van der Waals surface area (Å²) >= 11 is 0. The number of rotatable bonds is 4. The predicted octanol–water partition coefficient (Wildman–Crippen LogP) is -2.00. The normalized spacial score (nSPS) is 8.62. The average molecular weight is 335 g/mol. The fraction of sp³-hybridized carbons (Fsp3) is 0. The number of nitrogens with zero attached hydrogens (tertiary/aromatic N) is 2. The summed E-state index contributed by atoms with van der Waals surface area (Å²) in [6.07, 6.45) is 0. The van der Waals surface area contributed by atoms with Gasteiger partial charge in [-0.05, 0) is 0 Å². The molecule has 0 amide bonds. The van der Waals surface area contributed by atoms with Crippen LogP contribution in [0.4, 0.5) is 0 Å². The molecule has 0 atom stereocenters.